The summed E-state index contributed by atoms with van der Waals surface area (Å²) in [4.78, 5) is 0. The largest absolute Gasteiger partial charge is 0.344 e. The van der Waals surface area contributed by atoms with Crippen molar-refractivity contribution >= 4 is 26.8 Å². The molecule has 1 aromatic carbocycles. The molecular weight excluding hydrogens is 269 g/mol. The zero-order valence-corrected chi connectivity index (χ0v) is 10.5. The van der Waals surface area contributed by atoms with Crippen LogP contribution in [0.1, 0.15) is 31.7 Å². The van der Waals surface area contributed by atoms with Crippen molar-refractivity contribution in [2.45, 2.75) is 31.7 Å². The zero-order valence-electron chi connectivity index (χ0n) is 8.92. The summed E-state index contributed by atoms with van der Waals surface area (Å²) in [7, 11) is 0. The average Bonchev–Trinajstić information content (AvgIpc) is 2.87. The molecule has 0 atom stereocenters. The van der Waals surface area contributed by atoms with Gasteiger partial charge in [-0.2, -0.15) is 0 Å². The highest BCUT2D eigenvalue weighted by Gasteiger charge is 2.18. The minimum atomic E-state index is -0.184. The molecule has 1 nitrogen and oxygen atoms in total. The first-order valence-corrected chi connectivity index (χ1v) is 6.50. The van der Waals surface area contributed by atoms with Gasteiger partial charge in [-0.1, -0.05) is 12.8 Å². The Bertz CT molecular complexity index is 526. The Hall–Kier alpha value is -0.830. The molecule has 16 heavy (non-hydrogen) atoms. The van der Waals surface area contributed by atoms with E-state index >= 15 is 0 Å². The summed E-state index contributed by atoms with van der Waals surface area (Å²) in [5.74, 6) is -0.184. The van der Waals surface area contributed by atoms with E-state index in [9.17, 15) is 4.39 Å². The maximum Gasteiger partial charge on any atom is 0.138 e. The van der Waals surface area contributed by atoms with Crippen LogP contribution in [-0.4, -0.2) is 4.57 Å². The number of rotatable bonds is 1. The van der Waals surface area contributed by atoms with Crippen LogP contribution in [0.5, 0.6) is 0 Å². The summed E-state index contributed by atoms with van der Waals surface area (Å²) < 4.78 is 16.2. The van der Waals surface area contributed by atoms with Gasteiger partial charge in [-0.3, -0.25) is 0 Å². The Morgan fingerprint density at radius 3 is 2.75 bits per heavy atom. The molecule has 1 heterocycles. The second kappa shape index (κ2) is 3.88. The van der Waals surface area contributed by atoms with Crippen molar-refractivity contribution in [2.24, 2.45) is 0 Å². The van der Waals surface area contributed by atoms with Crippen LogP contribution < -0.4 is 0 Å². The number of halogens is 2. The molecule has 0 unspecified atom stereocenters. The van der Waals surface area contributed by atoms with Gasteiger partial charge in [0.15, 0.2) is 0 Å². The van der Waals surface area contributed by atoms with Gasteiger partial charge < -0.3 is 4.57 Å². The lowest BCUT2D eigenvalue weighted by molar-refractivity contribution is 0.535. The molecule has 2 aromatic rings. The third-order valence-electron chi connectivity index (χ3n) is 3.48. The van der Waals surface area contributed by atoms with Crippen LogP contribution in [0.4, 0.5) is 4.39 Å². The topological polar surface area (TPSA) is 4.93 Å². The van der Waals surface area contributed by atoms with Gasteiger partial charge in [0.05, 0.1) is 4.47 Å². The number of aromatic nitrogens is 1. The molecule has 3 rings (SSSR count). The maximum absolute atomic E-state index is 13.4. The quantitative estimate of drug-likeness (QED) is 0.717. The summed E-state index contributed by atoms with van der Waals surface area (Å²) in [5.41, 5.74) is 1.14. The number of benzene rings is 1. The highest BCUT2D eigenvalue weighted by molar-refractivity contribution is 9.10. The van der Waals surface area contributed by atoms with E-state index in [1.807, 2.05) is 12.1 Å². The van der Waals surface area contributed by atoms with Crippen molar-refractivity contribution in [3.05, 3.63) is 34.7 Å². The van der Waals surface area contributed by atoms with Crippen LogP contribution in [-0.2, 0) is 0 Å². The lowest BCUT2D eigenvalue weighted by Crippen LogP contribution is -2.02. The predicted octanol–water partition coefficient (Wildman–Crippen LogP) is 4.66. The number of fused-ring (bicyclic) bond motifs is 1. The van der Waals surface area contributed by atoms with Crippen LogP contribution in [0, 0.1) is 5.82 Å². The Kier molecular flexibility index (Phi) is 2.51. The Labute approximate surface area is 102 Å². The minimum Gasteiger partial charge on any atom is -0.344 e. The predicted molar refractivity (Wildman–Crippen MR) is 67.1 cm³/mol. The minimum absolute atomic E-state index is 0.184. The van der Waals surface area contributed by atoms with Gasteiger partial charge in [-0.05, 0) is 47.0 Å². The molecule has 84 valence electrons. The molecular formula is C13H13BrFN. The fourth-order valence-corrected chi connectivity index (χ4v) is 2.98. The van der Waals surface area contributed by atoms with E-state index in [2.05, 4.69) is 26.7 Å². The molecule has 1 aliphatic rings. The van der Waals surface area contributed by atoms with Crippen LogP contribution in [0.15, 0.2) is 28.9 Å². The molecule has 0 N–H and O–H groups in total. The molecule has 1 aromatic heterocycles. The molecule has 1 saturated carbocycles. The molecule has 1 fully saturated rings. The lowest BCUT2D eigenvalue weighted by atomic mass is 10.2. The second-order valence-electron chi connectivity index (χ2n) is 4.49. The average molecular weight is 282 g/mol. The van der Waals surface area contributed by atoms with Gasteiger partial charge in [0.2, 0.25) is 0 Å². The van der Waals surface area contributed by atoms with Gasteiger partial charge in [-0.15, -0.1) is 0 Å². The third-order valence-corrected chi connectivity index (χ3v) is 4.09. The zero-order chi connectivity index (χ0) is 11.1. The van der Waals surface area contributed by atoms with E-state index in [1.54, 1.807) is 6.07 Å². The third kappa shape index (κ3) is 1.58. The van der Waals surface area contributed by atoms with Crippen molar-refractivity contribution in [1.82, 2.24) is 4.57 Å². The molecule has 3 heteroatoms. The fourth-order valence-electron chi connectivity index (χ4n) is 2.65. The van der Waals surface area contributed by atoms with Crippen LogP contribution in [0.25, 0.3) is 10.9 Å². The lowest BCUT2D eigenvalue weighted by Gasteiger charge is -2.13. The van der Waals surface area contributed by atoms with Gasteiger partial charge in [-0.25, -0.2) is 4.39 Å². The molecule has 1 aliphatic carbocycles. The van der Waals surface area contributed by atoms with Gasteiger partial charge in [0, 0.05) is 23.1 Å². The van der Waals surface area contributed by atoms with E-state index in [0.717, 1.165) is 10.9 Å². The SMILES string of the molecule is Fc1cc2ccn(C3CCCC3)c2cc1Br. The Morgan fingerprint density at radius 1 is 1.25 bits per heavy atom. The fraction of sp³-hybridized carbons (Fsp3) is 0.385. The first-order valence-electron chi connectivity index (χ1n) is 5.71. The van der Waals surface area contributed by atoms with E-state index in [4.69, 9.17) is 0 Å². The molecule has 0 bridgehead atoms. The van der Waals surface area contributed by atoms with Crippen LogP contribution >= 0.6 is 15.9 Å². The number of hydrogen-bond donors (Lipinski definition) is 0. The van der Waals surface area contributed by atoms with Crippen molar-refractivity contribution < 1.29 is 4.39 Å². The van der Waals surface area contributed by atoms with E-state index in [-0.39, 0.29) is 5.82 Å². The second-order valence-corrected chi connectivity index (χ2v) is 5.34. The normalized spacial score (nSPS) is 17.4. The maximum atomic E-state index is 13.4. The standard InChI is InChI=1S/C13H13BrFN/c14-11-8-13-9(7-12(11)15)5-6-16(13)10-3-1-2-4-10/h5-8,10H,1-4H2. The number of hydrogen-bond acceptors (Lipinski definition) is 0. The smallest absolute Gasteiger partial charge is 0.138 e. The summed E-state index contributed by atoms with van der Waals surface area (Å²) in [6.07, 6.45) is 7.21. The van der Waals surface area contributed by atoms with Crippen LogP contribution in [0.3, 0.4) is 0 Å². The molecule has 0 spiro atoms. The van der Waals surface area contributed by atoms with Crippen molar-refractivity contribution in [3.8, 4) is 0 Å². The van der Waals surface area contributed by atoms with E-state index in [0.29, 0.717) is 10.5 Å². The summed E-state index contributed by atoms with van der Waals surface area (Å²) in [6, 6.07) is 6.10. The van der Waals surface area contributed by atoms with Gasteiger partial charge in [0.1, 0.15) is 5.82 Å². The van der Waals surface area contributed by atoms with Crippen LogP contribution in [0.2, 0.25) is 0 Å². The van der Waals surface area contributed by atoms with Crippen molar-refractivity contribution in [2.75, 3.05) is 0 Å². The summed E-state index contributed by atoms with van der Waals surface area (Å²) in [6.45, 7) is 0. The van der Waals surface area contributed by atoms with Gasteiger partial charge >= 0.3 is 0 Å². The van der Waals surface area contributed by atoms with E-state index < -0.39 is 0 Å². The first-order chi connectivity index (χ1) is 7.75. The first kappa shape index (κ1) is 10.3. The van der Waals surface area contributed by atoms with Crippen molar-refractivity contribution in [1.29, 1.82) is 0 Å². The van der Waals surface area contributed by atoms with E-state index in [1.165, 1.54) is 25.7 Å². The highest BCUT2D eigenvalue weighted by atomic mass is 79.9. The Morgan fingerprint density at radius 2 is 2.00 bits per heavy atom. The Balaban J connectivity index is 2.15. The molecule has 0 radical (unpaired) electrons. The molecule has 0 amide bonds. The molecule has 0 aliphatic heterocycles. The molecule has 0 saturated heterocycles. The van der Waals surface area contributed by atoms with Crippen molar-refractivity contribution in [3.63, 3.8) is 0 Å². The monoisotopic (exact) mass is 281 g/mol. The number of nitrogens with zero attached hydrogens (tertiary/aromatic N) is 1. The van der Waals surface area contributed by atoms with Gasteiger partial charge in [0.25, 0.3) is 0 Å². The highest BCUT2D eigenvalue weighted by Crippen LogP contribution is 2.34. The summed E-state index contributed by atoms with van der Waals surface area (Å²) in [5, 5.41) is 0.993. The summed E-state index contributed by atoms with van der Waals surface area (Å²) >= 11 is 3.26.